The lowest BCUT2D eigenvalue weighted by Crippen LogP contribution is -2.24. The van der Waals surface area contributed by atoms with E-state index in [2.05, 4.69) is 16.0 Å². The lowest BCUT2D eigenvalue weighted by molar-refractivity contribution is -0.116. The summed E-state index contributed by atoms with van der Waals surface area (Å²) in [5.41, 5.74) is 3.19. The molecule has 6 nitrogen and oxygen atoms in total. The van der Waals surface area contributed by atoms with Crippen molar-refractivity contribution < 1.29 is 14.3 Å². The third kappa shape index (κ3) is 6.72. The number of hydrogen-bond donors (Lipinski definition) is 1. The van der Waals surface area contributed by atoms with Gasteiger partial charge in [-0.15, -0.1) is 0 Å². The number of ether oxygens (including phenoxy) is 2. The number of aryl methyl sites for hydroxylation is 1. The summed E-state index contributed by atoms with van der Waals surface area (Å²) in [7, 11) is 1.66. The highest BCUT2D eigenvalue weighted by Gasteiger charge is 2.11. The zero-order chi connectivity index (χ0) is 23.5. The Hall–Kier alpha value is -3.54. The molecule has 0 saturated heterocycles. The van der Waals surface area contributed by atoms with Gasteiger partial charge in [-0.2, -0.15) is 0 Å². The smallest absolute Gasteiger partial charge is 0.243 e. The van der Waals surface area contributed by atoms with E-state index >= 15 is 0 Å². The van der Waals surface area contributed by atoms with E-state index in [0.29, 0.717) is 19.6 Å². The number of nitrogens with one attached hydrogen (secondary N) is 1. The molecule has 0 spiro atoms. The average molecular weight is 448 g/mol. The monoisotopic (exact) mass is 447 g/mol. The molecule has 0 fully saturated rings. The number of carbonyl (C=O) groups excluding carboxylic acids is 1. The fourth-order valence-electron chi connectivity index (χ4n) is 3.73. The Labute approximate surface area is 195 Å². The van der Waals surface area contributed by atoms with Crippen molar-refractivity contribution in [2.24, 2.45) is 0 Å². The molecule has 174 valence electrons. The van der Waals surface area contributed by atoms with Crippen LogP contribution in [0.4, 0.5) is 0 Å². The first kappa shape index (κ1) is 24.1. The quantitative estimate of drug-likeness (QED) is 0.307. The number of fused-ring (bicyclic) bond motifs is 1. The first-order valence-electron chi connectivity index (χ1n) is 11.4. The molecule has 1 N–H and O–H groups in total. The van der Waals surface area contributed by atoms with Crippen LogP contribution in [0.1, 0.15) is 38.1 Å². The first-order valence-corrected chi connectivity index (χ1v) is 11.4. The molecule has 0 atom stereocenters. The zero-order valence-electron chi connectivity index (χ0n) is 19.7. The van der Waals surface area contributed by atoms with Gasteiger partial charge in [-0.25, -0.2) is 4.98 Å². The Morgan fingerprint density at radius 3 is 2.73 bits per heavy atom. The van der Waals surface area contributed by atoms with Crippen LogP contribution in [0, 0.1) is 0 Å². The number of benzene rings is 2. The fourth-order valence-corrected chi connectivity index (χ4v) is 3.73. The van der Waals surface area contributed by atoms with Crippen LogP contribution < -0.4 is 14.8 Å². The number of para-hydroxylation sites is 2. The summed E-state index contributed by atoms with van der Waals surface area (Å²) in [6.07, 6.45) is 9.85. The third-order valence-corrected chi connectivity index (χ3v) is 5.28. The topological polar surface area (TPSA) is 65.4 Å². The maximum absolute atomic E-state index is 11.7. The summed E-state index contributed by atoms with van der Waals surface area (Å²) in [5, 5.41) is 2.91. The van der Waals surface area contributed by atoms with Gasteiger partial charge in [0, 0.05) is 19.5 Å². The van der Waals surface area contributed by atoms with E-state index in [0.717, 1.165) is 53.3 Å². The van der Waals surface area contributed by atoms with E-state index in [1.807, 2.05) is 62.4 Å². The number of rotatable bonds is 12. The summed E-state index contributed by atoms with van der Waals surface area (Å²) in [5.74, 6) is 2.41. The van der Waals surface area contributed by atoms with Crippen molar-refractivity contribution in [2.45, 2.75) is 39.7 Å². The van der Waals surface area contributed by atoms with Crippen molar-refractivity contribution >= 4 is 23.0 Å². The number of methoxy groups -OCH3 is 1. The van der Waals surface area contributed by atoms with Gasteiger partial charge in [0.15, 0.2) is 11.5 Å². The Bertz CT molecular complexity index is 1110. The largest absolute Gasteiger partial charge is 0.493 e. The highest BCUT2D eigenvalue weighted by atomic mass is 16.5. The van der Waals surface area contributed by atoms with Crippen molar-refractivity contribution in [1.29, 1.82) is 0 Å². The van der Waals surface area contributed by atoms with E-state index in [4.69, 9.17) is 14.5 Å². The molecule has 1 aromatic heterocycles. The number of amides is 1. The second-order valence-electron chi connectivity index (χ2n) is 7.68. The first-order chi connectivity index (χ1) is 16.2. The predicted octanol–water partition coefficient (Wildman–Crippen LogP) is 5.17. The van der Waals surface area contributed by atoms with E-state index in [1.54, 1.807) is 13.2 Å². The van der Waals surface area contributed by atoms with Crippen LogP contribution in [0.15, 0.2) is 60.7 Å². The second-order valence-corrected chi connectivity index (χ2v) is 7.68. The van der Waals surface area contributed by atoms with Gasteiger partial charge in [0.25, 0.3) is 0 Å². The number of imidazole rings is 1. The minimum absolute atomic E-state index is 0.0773. The molecular formula is C27H33N3O3. The Kier molecular flexibility index (Phi) is 9.12. The lowest BCUT2D eigenvalue weighted by atomic mass is 10.2. The Balaban J connectivity index is 1.57. The molecule has 33 heavy (non-hydrogen) atoms. The molecule has 0 saturated carbocycles. The van der Waals surface area contributed by atoms with Crippen molar-refractivity contribution in [3.8, 4) is 11.5 Å². The zero-order valence-corrected chi connectivity index (χ0v) is 19.7. The minimum Gasteiger partial charge on any atom is -0.493 e. The van der Waals surface area contributed by atoms with Crippen LogP contribution in [-0.2, 0) is 17.8 Å². The number of hydrogen-bond acceptors (Lipinski definition) is 4. The maximum atomic E-state index is 11.7. The van der Waals surface area contributed by atoms with Gasteiger partial charge in [-0.3, -0.25) is 4.79 Å². The van der Waals surface area contributed by atoms with Crippen LogP contribution in [0.3, 0.4) is 0 Å². The van der Waals surface area contributed by atoms with Gasteiger partial charge in [-0.05, 0) is 62.6 Å². The normalized spacial score (nSPS) is 11.5. The number of aromatic nitrogens is 2. The molecule has 3 aromatic rings. The molecule has 1 amide bonds. The summed E-state index contributed by atoms with van der Waals surface area (Å²) < 4.78 is 13.7. The molecule has 0 aliphatic rings. The van der Waals surface area contributed by atoms with Crippen LogP contribution in [0.2, 0.25) is 0 Å². The number of nitrogens with zero attached hydrogens (tertiary/aromatic N) is 2. The Morgan fingerprint density at radius 2 is 1.94 bits per heavy atom. The lowest BCUT2D eigenvalue weighted by Gasteiger charge is -2.12. The van der Waals surface area contributed by atoms with Crippen molar-refractivity contribution in [2.75, 3.05) is 20.3 Å². The van der Waals surface area contributed by atoms with Crippen molar-refractivity contribution in [3.63, 3.8) is 0 Å². The molecular weight excluding hydrogens is 414 g/mol. The molecule has 0 aliphatic heterocycles. The molecule has 3 rings (SSSR count). The van der Waals surface area contributed by atoms with E-state index in [-0.39, 0.29) is 5.91 Å². The summed E-state index contributed by atoms with van der Waals surface area (Å²) in [6, 6.07) is 14.1. The van der Waals surface area contributed by atoms with Crippen molar-refractivity contribution in [3.05, 3.63) is 72.1 Å². The predicted molar refractivity (Wildman–Crippen MR) is 134 cm³/mol. The number of carbonyl (C=O) groups is 1. The summed E-state index contributed by atoms with van der Waals surface area (Å²) in [6.45, 7) is 5.84. The minimum atomic E-state index is -0.0773. The van der Waals surface area contributed by atoms with Gasteiger partial charge >= 0.3 is 0 Å². The summed E-state index contributed by atoms with van der Waals surface area (Å²) in [4.78, 5) is 16.5. The molecule has 0 aliphatic carbocycles. The van der Waals surface area contributed by atoms with E-state index in [9.17, 15) is 4.79 Å². The highest BCUT2D eigenvalue weighted by molar-refractivity contribution is 5.87. The Morgan fingerprint density at radius 1 is 1.09 bits per heavy atom. The maximum Gasteiger partial charge on any atom is 0.243 e. The second kappa shape index (κ2) is 12.5. The highest BCUT2D eigenvalue weighted by Crippen LogP contribution is 2.28. The fraction of sp³-hybridized carbons (Fsp3) is 0.333. The van der Waals surface area contributed by atoms with Gasteiger partial charge in [0.2, 0.25) is 5.91 Å². The standard InChI is InChI=1S/C27H33N3O3/c1-4-10-21-14-15-24(25(20-21)32-3)33-19-9-8-18-30-23-13-7-6-12-22(23)29-26(30)16-17-28-27(31)11-5-2/h4-7,10-15,20H,8-9,16-19H2,1-3H3,(H,28,31)/b10-4+,11-5+. The average Bonchev–Trinajstić information content (AvgIpc) is 3.17. The van der Waals surface area contributed by atoms with Crippen molar-refractivity contribution in [1.82, 2.24) is 14.9 Å². The molecule has 6 heteroatoms. The van der Waals surface area contributed by atoms with Crippen LogP contribution in [0.25, 0.3) is 17.1 Å². The van der Waals surface area contributed by atoms with Crippen LogP contribution in [0.5, 0.6) is 11.5 Å². The molecule has 0 unspecified atom stereocenters. The third-order valence-electron chi connectivity index (χ3n) is 5.28. The van der Waals surface area contributed by atoms with E-state index in [1.165, 1.54) is 6.08 Å². The molecule has 0 bridgehead atoms. The van der Waals surface area contributed by atoms with Gasteiger partial charge < -0.3 is 19.4 Å². The molecule has 2 aromatic carbocycles. The SMILES string of the molecule is C/C=C/C(=O)NCCc1nc2ccccc2n1CCCCOc1ccc(/C=C/C)cc1OC. The number of allylic oxidation sites excluding steroid dienone is 2. The van der Waals surface area contributed by atoms with Crippen LogP contribution in [-0.4, -0.2) is 35.7 Å². The van der Waals surface area contributed by atoms with Gasteiger partial charge in [0.05, 0.1) is 24.8 Å². The molecule has 1 heterocycles. The van der Waals surface area contributed by atoms with Crippen LogP contribution >= 0.6 is 0 Å². The number of unbranched alkanes of at least 4 members (excludes halogenated alkanes) is 1. The molecule has 0 radical (unpaired) electrons. The summed E-state index contributed by atoms with van der Waals surface area (Å²) >= 11 is 0. The van der Waals surface area contributed by atoms with Gasteiger partial charge in [0.1, 0.15) is 5.82 Å². The van der Waals surface area contributed by atoms with E-state index < -0.39 is 0 Å². The van der Waals surface area contributed by atoms with Gasteiger partial charge in [-0.1, -0.05) is 36.4 Å².